The van der Waals surface area contributed by atoms with Gasteiger partial charge in [-0.2, -0.15) is 0 Å². The van der Waals surface area contributed by atoms with Gasteiger partial charge in [0.1, 0.15) is 0 Å². The SMILES string of the molecule is CCCC(CC)c1csc(C)n1. The Hall–Kier alpha value is -0.370. The Bertz CT molecular complexity index is 229. The van der Waals surface area contributed by atoms with Crippen molar-refractivity contribution in [3.63, 3.8) is 0 Å². The number of thiazole rings is 1. The van der Waals surface area contributed by atoms with Crippen molar-refractivity contribution in [3.8, 4) is 0 Å². The lowest BCUT2D eigenvalue weighted by Crippen LogP contribution is -1.96. The average molecular weight is 183 g/mol. The normalized spacial score (nSPS) is 13.2. The Morgan fingerprint density at radius 3 is 2.67 bits per heavy atom. The highest BCUT2D eigenvalue weighted by Gasteiger charge is 2.10. The molecule has 0 amide bonds. The minimum atomic E-state index is 0.694. The van der Waals surface area contributed by atoms with Crippen LogP contribution in [0.3, 0.4) is 0 Å². The minimum Gasteiger partial charge on any atom is -0.246 e. The molecule has 0 radical (unpaired) electrons. The van der Waals surface area contributed by atoms with Gasteiger partial charge in [-0.15, -0.1) is 11.3 Å². The fourth-order valence-electron chi connectivity index (χ4n) is 1.48. The van der Waals surface area contributed by atoms with Gasteiger partial charge in [-0.25, -0.2) is 4.98 Å². The summed E-state index contributed by atoms with van der Waals surface area (Å²) in [7, 11) is 0. The first-order valence-electron chi connectivity index (χ1n) is 4.70. The Labute approximate surface area is 78.8 Å². The molecule has 0 N–H and O–H groups in total. The summed E-state index contributed by atoms with van der Waals surface area (Å²) in [6.07, 6.45) is 3.76. The molecule has 0 saturated heterocycles. The third-order valence-corrected chi connectivity index (χ3v) is 2.98. The van der Waals surface area contributed by atoms with E-state index in [1.165, 1.54) is 30.0 Å². The molecule has 1 aromatic rings. The maximum atomic E-state index is 4.52. The Balaban J connectivity index is 2.66. The number of aromatic nitrogens is 1. The molecule has 0 aromatic carbocycles. The molecular formula is C10H17NS. The maximum Gasteiger partial charge on any atom is 0.0897 e. The van der Waals surface area contributed by atoms with Crippen LogP contribution in [-0.4, -0.2) is 4.98 Å². The predicted octanol–water partition coefficient (Wildman–Crippen LogP) is 3.75. The molecule has 1 nitrogen and oxygen atoms in total. The zero-order valence-corrected chi connectivity index (χ0v) is 8.95. The highest BCUT2D eigenvalue weighted by Crippen LogP contribution is 2.25. The van der Waals surface area contributed by atoms with Gasteiger partial charge in [-0.05, 0) is 19.8 Å². The fraction of sp³-hybridized carbons (Fsp3) is 0.700. The van der Waals surface area contributed by atoms with Crippen molar-refractivity contribution in [2.24, 2.45) is 0 Å². The second-order valence-corrected chi connectivity index (χ2v) is 4.25. The van der Waals surface area contributed by atoms with Gasteiger partial charge in [-0.1, -0.05) is 20.3 Å². The van der Waals surface area contributed by atoms with Crippen LogP contribution in [0.1, 0.15) is 49.7 Å². The van der Waals surface area contributed by atoms with E-state index in [0.29, 0.717) is 5.92 Å². The van der Waals surface area contributed by atoms with Crippen LogP contribution in [0.5, 0.6) is 0 Å². The lowest BCUT2D eigenvalue weighted by molar-refractivity contribution is 0.583. The molecule has 0 aliphatic carbocycles. The summed E-state index contributed by atoms with van der Waals surface area (Å²) in [6.45, 7) is 6.56. The van der Waals surface area contributed by atoms with Crippen LogP contribution < -0.4 is 0 Å². The van der Waals surface area contributed by atoms with Gasteiger partial charge in [0, 0.05) is 11.3 Å². The van der Waals surface area contributed by atoms with Crippen LogP contribution >= 0.6 is 11.3 Å². The molecule has 1 atom stereocenters. The molecule has 0 aliphatic heterocycles. The number of hydrogen-bond acceptors (Lipinski definition) is 2. The van der Waals surface area contributed by atoms with Crippen LogP contribution in [-0.2, 0) is 0 Å². The lowest BCUT2D eigenvalue weighted by Gasteiger charge is -2.09. The van der Waals surface area contributed by atoms with Gasteiger partial charge in [0.2, 0.25) is 0 Å². The highest BCUT2D eigenvalue weighted by molar-refractivity contribution is 7.09. The summed E-state index contributed by atoms with van der Waals surface area (Å²) in [4.78, 5) is 4.52. The van der Waals surface area contributed by atoms with E-state index in [2.05, 4.69) is 31.1 Å². The fourth-order valence-corrected chi connectivity index (χ4v) is 2.17. The number of hydrogen-bond donors (Lipinski definition) is 0. The van der Waals surface area contributed by atoms with Crippen molar-refractivity contribution >= 4 is 11.3 Å². The Morgan fingerprint density at radius 2 is 2.25 bits per heavy atom. The van der Waals surface area contributed by atoms with Crippen molar-refractivity contribution in [1.29, 1.82) is 0 Å². The van der Waals surface area contributed by atoms with Crippen molar-refractivity contribution in [1.82, 2.24) is 4.98 Å². The molecule has 68 valence electrons. The molecular weight excluding hydrogens is 166 g/mol. The number of rotatable bonds is 4. The van der Waals surface area contributed by atoms with Crippen LogP contribution in [0.15, 0.2) is 5.38 Å². The molecule has 1 heterocycles. The third kappa shape index (κ3) is 2.31. The van der Waals surface area contributed by atoms with Gasteiger partial charge < -0.3 is 0 Å². The Morgan fingerprint density at radius 1 is 1.50 bits per heavy atom. The first-order valence-corrected chi connectivity index (χ1v) is 5.57. The zero-order valence-electron chi connectivity index (χ0n) is 8.13. The van der Waals surface area contributed by atoms with E-state index in [1.807, 2.05) is 0 Å². The topological polar surface area (TPSA) is 12.9 Å². The standard InChI is InChI=1S/C10H17NS/c1-4-6-9(5-2)10-7-12-8(3)11-10/h7,9H,4-6H2,1-3H3. The summed E-state index contributed by atoms with van der Waals surface area (Å²) in [5.74, 6) is 0.694. The number of nitrogens with zero attached hydrogens (tertiary/aromatic N) is 1. The predicted molar refractivity (Wildman–Crippen MR) is 54.8 cm³/mol. The third-order valence-electron chi connectivity index (χ3n) is 2.18. The molecule has 0 saturated carbocycles. The Kier molecular flexibility index (Phi) is 3.73. The summed E-state index contributed by atoms with van der Waals surface area (Å²) < 4.78 is 0. The van der Waals surface area contributed by atoms with Gasteiger partial charge >= 0.3 is 0 Å². The summed E-state index contributed by atoms with van der Waals surface area (Å²) in [5.41, 5.74) is 1.31. The van der Waals surface area contributed by atoms with Crippen LogP contribution in [0.25, 0.3) is 0 Å². The van der Waals surface area contributed by atoms with E-state index in [9.17, 15) is 0 Å². The zero-order chi connectivity index (χ0) is 8.97. The van der Waals surface area contributed by atoms with E-state index in [1.54, 1.807) is 11.3 Å². The lowest BCUT2D eigenvalue weighted by atomic mass is 9.98. The monoisotopic (exact) mass is 183 g/mol. The van der Waals surface area contributed by atoms with Gasteiger partial charge in [-0.3, -0.25) is 0 Å². The quantitative estimate of drug-likeness (QED) is 0.693. The van der Waals surface area contributed by atoms with Gasteiger partial charge in [0.15, 0.2) is 0 Å². The van der Waals surface area contributed by atoms with Crippen LogP contribution in [0.4, 0.5) is 0 Å². The van der Waals surface area contributed by atoms with E-state index in [0.717, 1.165) is 0 Å². The molecule has 1 rings (SSSR count). The van der Waals surface area contributed by atoms with E-state index >= 15 is 0 Å². The molecule has 12 heavy (non-hydrogen) atoms. The van der Waals surface area contributed by atoms with Crippen molar-refractivity contribution in [2.75, 3.05) is 0 Å². The molecule has 1 unspecified atom stereocenters. The molecule has 1 aromatic heterocycles. The summed E-state index contributed by atoms with van der Waals surface area (Å²) in [6, 6.07) is 0. The molecule has 0 fully saturated rings. The largest absolute Gasteiger partial charge is 0.246 e. The average Bonchev–Trinajstić information content (AvgIpc) is 2.47. The minimum absolute atomic E-state index is 0.694. The van der Waals surface area contributed by atoms with Gasteiger partial charge in [0.05, 0.1) is 10.7 Å². The molecule has 2 heteroatoms. The van der Waals surface area contributed by atoms with Crippen LogP contribution in [0.2, 0.25) is 0 Å². The van der Waals surface area contributed by atoms with Crippen molar-refractivity contribution in [3.05, 3.63) is 16.1 Å². The van der Waals surface area contributed by atoms with Crippen molar-refractivity contribution < 1.29 is 0 Å². The smallest absolute Gasteiger partial charge is 0.0897 e. The van der Waals surface area contributed by atoms with Crippen molar-refractivity contribution in [2.45, 2.75) is 46.0 Å². The first-order chi connectivity index (χ1) is 5.77. The molecule has 0 spiro atoms. The second kappa shape index (κ2) is 4.61. The molecule has 0 bridgehead atoms. The molecule has 0 aliphatic rings. The number of aryl methyl sites for hydroxylation is 1. The van der Waals surface area contributed by atoms with Crippen LogP contribution in [0, 0.1) is 6.92 Å². The van der Waals surface area contributed by atoms with E-state index in [4.69, 9.17) is 0 Å². The van der Waals surface area contributed by atoms with Gasteiger partial charge in [0.25, 0.3) is 0 Å². The first kappa shape index (κ1) is 9.72. The summed E-state index contributed by atoms with van der Waals surface area (Å²) >= 11 is 1.76. The highest BCUT2D eigenvalue weighted by atomic mass is 32.1. The summed E-state index contributed by atoms with van der Waals surface area (Å²) in [5, 5.41) is 3.40. The second-order valence-electron chi connectivity index (χ2n) is 3.19. The van der Waals surface area contributed by atoms with E-state index in [-0.39, 0.29) is 0 Å². The maximum absolute atomic E-state index is 4.52. The van der Waals surface area contributed by atoms with E-state index < -0.39 is 0 Å².